The Bertz CT molecular complexity index is 367. The molecular formula is C14H22N2S. The predicted octanol–water partition coefficient (Wildman–Crippen LogP) is 2.43. The van der Waals surface area contributed by atoms with Crippen LogP contribution in [0.1, 0.15) is 24.1 Å². The molecule has 0 aliphatic carbocycles. The van der Waals surface area contributed by atoms with E-state index in [-0.39, 0.29) is 0 Å². The van der Waals surface area contributed by atoms with Gasteiger partial charge in [-0.25, -0.2) is 0 Å². The topological polar surface area (TPSA) is 29.3 Å². The van der Waals surface area contributed by atoms with Crippen molar-refractivity contribution in [3.8, 4) is 0 Å². The Labute approximate surface area is 109 Å². The predicted molar refractivity (Wildman–Crippen MR) is 76.5 cm³/mol. The van der Waals surface area contributed by atoms with Crippen LogP contribution in [0, 0.1) is 6.92 Å². The van der Waals surface area contributed by atoms with Crippen molar-refractivity contribution in [1.82, 2.24) is 4.90 Å². The van der Waals surface area contributed by atoms with Gasteiger partial charge in [-0.3, -0.25) is 4.90 Å². The number of rotatable bonds is 3. The van der Waals surface area contributed by atoms with E-state index in [1.165, 1.54) is 22.6 Å². The van der Waals surface area contributed by atoms with Gasteiger partial charge in [-0.05, 0) is 25.0 Å². The molecule has 0 aromatic heterocycles. The van der Waals surface area contributed by atoms with Gasteiger partial charge in [0.15, 0.2) is 0 Å². The second kappa shape index (κ2) is 5.89. The number of nitrogens with zero attached hydrogens (tertiary/aromatic N) is 1. The molecule has 0 saturated carbocycles. The van der Waals surface area contributed by atoms with Gasteiger partial charge in [0.1, 0.15) is 0 Å². The minimum Gasteiger partial charge on any atom is -0.329 e. The van der Waals surface area contributed by atoms with E-state index in [1.54, 1.807) is 0 Å². The molecule has 1 fully saturated rings. The highest BCUT2D eigenvalue weighted by atomic mass is 32.2. The molecule has 3 heteroatoms. The van der Waals surface area contributed by atoms with Crippen molar-refractivity contribution in [2.75, 3.05) is 24.6 Å². The summed E-state index contributed by atoms with van der Waals surface area (Å²) < 4.78 is 0. The summed E-state index contributed by atoms with van der Waals surface area (Å²) in [4.78, 5) is 2.57. The molecule has 2 atom stereocenters. The van der Waals surface area contributed by atoms with Gasteiger partial charge >= 0.3 is 0 Å². The van der Waals surface area contributed by atoms with Crippen LogP contribution in [0.25, 0.3) is 0 Å². The number of benzene rings is 1. The maximum absolute atomic E-state index is 6.02. The van der Waals surface area contributed by atoms with Crippen LogP contribution in [0.5, 0.6) is 0 Å². The molecule has 94 valence electrons. The van der Waals surface area contributed by atoms with E-state index in [1.807, 2.05) is 0 Å². The van der Waals surface area contributed by atoms with E-state index >= 15 is 0 Å². The number of nitrogens with two attached hydrogens (primary N) is 1. The van der Waals surface area contributed by atoms with Crippen molar-refractivity contribution in [2.24, 2.45) is 5.73 Å². The van der Waals surface area contributed by atoms with Gasteiger partial charge in [-0.15, -0.1) is 0 Å². The lowest BCUT2D eigenvalue weighted by Crippen LogP contribution is -2.45. The van der Waals surface area contributed by atoms with Crippen molar-refractivity contribution in [1.29, 1.82) is 0 Å². The quantitative estimate of drug-likeness (QED) is 0.893. The molecule has 0 spiro atoms. The molecule has 0 radical (unpaired) electrons. The lowest BCUT2D eigenvalue weighted by Gasteiger charge is -2.39. The Morgan fingerprint density at radius 3 is 2.88 bits per heavy atom. The van der Waals surface area contributed by atoms with Gasteiger partial charge in [0.05, 0.1) is 0 Å². The summed E-state index contributed by atoms with van der Waals surface area (Å²) in [5.41, 5.74) is 8.77. The molecular weight excluding hydrogens is 228 g/mol. The summed E-state index contributed by atoms with van der Waals surface area (Å²) in [6.45, 7) is 6.36. The van der Waals surface area contributed by atoms with E-state index in [0.717, 1.165) is 6.54 Å². The molecule has 1 heterocycles. The summed E-state index contributed by atoms with van der Waals surface area (Å²) in [5.74, 6) is 2.45. The number of aryl methyl sites for hydroxylation is 1. The van der Waals surface area contributed by atoms with Crippen LogP contribution in [0.4, 0.5) is 0 Å². The zero-order chi connectivity index (χ0) is 12.3. The molecule has 1 aliphatic rings. The Kier molecular flexibility index (Phi) is 4.48. The third-order valence-corrected chi connectivity index (χ3v) is 4.78. The molecule has 1 aromatic carbocycles. The Morgan fingerprint density at radius 1 is 1.47 bits per heavy atom. The average Bonchev–Trinajstić information content (AvgIpc) is 2.34. The molecule has 2 unspecified atom stereocenters. The Balaban J connectivity index is 2.23. The fourth-order valence-corrected chi connectivity index (χ4v) is 3.64. The first-order chi connectivity index (χ1) is 8.24. The summed E-state index contributed by atoms with van der Waals surface area (Å²) in [5, 5.41) is 0. The lowest BCUT2D eigenvalue weighted by molar-refractivity contribution is 0.165. The van der Waals surface area contributed by atoms with Gasteiger partial charge < -0.3 is 5.73 Å². The van der Waals surface area contributed by atoms with Crippen LogP contribution in [-0.4, -0.2) is 35.5 Å². The first kappa shape index (κ1) is 12.9. The van der Waals surface area contributed by atoms with Crippen molar-refractivity contribution in [3.05, 3.63) is 35.4 Å². The van der Waals surface area contributed by atoms with Crippen molar-refractivity contribution < 1.29 is 0 Å². The van der Waals surface area contributed by atoms with Gasteiger partial charge in [0.25, 0.3) is 0 Å². The van der Waals surface area contributed by atoms with Crippen LogP contribution in [0.3, 0.4) is 0 Å². The van der Waals surface area contributed by atoms with Gasteiger partial charge in [0, 0.05) is 36.7 Å². The lowest BCUT2D eigenvalue weighted by atomic mass is 9.99. The average molecular weight is 250 g/mol. The smallest absolute Gasteiger partial charge is 0.0476 e. The minimum atomic E-state index is 0.382. The highest BCUT2D eigenvalue weighted by Gasteiger charge is 2.27. The second-order valence-electron chi connectivity index (χ2n) is 4.77. The fourth-order valence-electron chi connectivity index (χ4n) is 2.60. The Hall–Kier alpha value is -0.510. The minimum absolute atomic E-state index is 0.382. The maximum atomic E-state index is 6.02. The van der Waals surface area contributed by atoms with E-state index in [2.05, 4.69) is 54.8 Å². The summed E-state index contributed by atoms with van der Waals surface area (Å²) >= 11 is 2.05. The molecule has 1 aromatic rings. The van der Waals surface area contributed by atoms with Crippen molar-refractivity contribution in [3.63, 3.8) is 0 Å². The van der Waals surface area contributed by atoms with E-state index < -0.39 is 0 Å². The third-order valence-electron chi connectivity index (χ3n) is 3.59. The van der Waals surface area contributed by atoms with Crippen LogP contribution in [0.2, 0.25) is 0 Å². The highest BCUT2D eigenvalue weighted by Crippen LogP contribution is 2.28. The molecule has 1 aliphatic heterocycles. The van der Waals surface area contributed by atoms with Crippen molar-refractivity contribution in [2.45, 2.75) is 25.9 Å². The van der Waals surface area contributed by atoms with E-state index in [4.69, 9.17) is 5.73 Å². The van der Waals surface area contributed by atoms with Gasteiger partial charge in [-0.2, -0.15) is 11.8 Å². The van der Waals surface area contributed by atoms with Gasteiger partial charge in [-0.1, -0.05) is 24.3 Å². The molecule has 2 N–H and O–H groups in total. The van der Waals surface area contributed by atoms with Crippen LogP contribution >= 0.6 is 11.8 Å². The van der Waals surface area contributed by atoms with Crippen LogP contribution in [-0.2, 0) is 0 Å². The normalized spacial score (nSPS) is 23.6. The third kappa shape index (κ3) is 2.84. The SMILES string of the molecule is Cc1ccccc1C(CN)N1CCSCC1C. The van der Waals surface area contributed by atoms with E-state index in [0.29, 0.717) is 18.6 Å². The summed E-state index contributed by atoms with van der Waals surface area (Å²) in [7, 11) is 0. The molecule has 2 rings (SSSR count). The first-order valence-corrected chi connectivity index (χ1v) is 7.48. The fraction of sp³-hybridized carbons (Fsp3) is 0.571. The molecule has 1 saturated heterocycles. The molecule has 2 nitrogen and oxygen atoms in total. The van der Waals surface area contributed by atoms with Crippen LogP contribution < -0.4 is 5.73 Å². The standard InChI is InChI=1S/C14H22N2S/c1-11-5-3-4-6-13(11)14(9-15)16-7-8-17-10-12(16)2/h3-6,12,14H,7-10,15H2,1-2H3. The Morgan fingerprint density at radius 2 is 2.24 bits per heavy atom. The van der Waals surface area contributed by atoms with Gasteiger partial charge in [0.2, 0.25) is 0 Å². The maximum Gasteiger partial charge on any atom is 0.0476 e. The largest absolute Gasteiger partial charge is 0.329 e. The number of hydrogen-bond donors (Lipinski definition) is 1. The zero-order valence-corrected chi connectivity index (χ0v) is 11.5. The molecule has 0 bridgehead atoms. The summed E-state index contributed by atoms with van der Waals surface area (Å²) in [6, 6.07) is 9.63. The monoisotopic (exact) mass is 250 g/mol. The highest BCUT2D eigenvalue weighted by molar-refractivity contribution is 7.99. The van der Waals surface area contributed by atoms with Crippen molar-refractivity contribution >= 4 is 11.8 Å². The number of hydrogen-bond acceptors (Lipinski definition) is 3. The van der Waals surface area contributed by atoms with E-state index in [9.17, 15) is 0 Å². The zero-order valence-electron chi connectivity index (χ0n) is 10.7. The molecule has 17 heavy (non-hydrogen) atoms. The first-order valence-electron chi connectivity index (χ1n) is 6.33. The molecule has 0 amide bonds. The second-order valence-corrected chi connectivity index (χ2v) is 5.92. The van der Waals surface area contributed by atoms with Crippen LogP contribution in [0.15, 0.2) is 24.3 Å². The number of thioether (sulfide) groups is 1. The summed E-state index contributed by atoms with van der Waals surface area (Å²) in [6.07, 6.45) is 0.